The SMILES string of the molecule is Cc1nn(C)cc1CNS(=O)(=O)c1ccc(CCCl)cc1. The number of sulfonamides is 1. The van der Waals surface area contributed by atoms with Crippen molar-refractivity contribution in [1.29, 1.82) is 0 Å². The summed E-state index contributed by atoms with van der Waals surface area (Å²) in [6.45, 7) is 2.08. The van der Waals surface area contributed by atoms with Crippen molar-refractivity contribution in [1.82, 2.24) is 14.5 Å². The molecule has 0 radical (unpaired) electrons. The highest BCUT2D eigenvalue weighted by Crippen LogP contribution is 2.13. The van der Waals surface area contributed by atoms with Crippen LogP contribution in [-0.2, 0) is 30.0 Å². The van der Waals surface area contributed by atoms with E-state index in [-0.39, 0.29) is 11.4 Å². The molecule has 0 atom stereocenters. The highest BCUT2D eigenvalue weighted by atomic mass is 35.5. The minimum atomic E-state index is -3.52. The van der Waals surface area contributed by atoms with Gasteiger partial charge in [0, 0.05) is 31.2 Å². The Kier molecular flexibility index (Phi) is 5.03. The molecular weight excluding hydrogens is 310 g/mol. The van der Waals surface area contributed by atoms with Gasteiger partial charge in [-0.3, -0.25) is 4.68 Å². The quantitative estimate of drug-likeness (QED) is 0.825. The second-order valence-corrected chi connectivity index (χ2v) is 6.97. The number of rotatable bonds is 6. The van der Waals surface area contributed by atoms with Gasteiger partial charge in [0.2, 0.25) is 10.0 Å². The van der Waals surface area contributed by atoms with Crippen LogP contribution in [0.1, 0.15) is 16.8 Å². The number of nitrogens with zero attached hydrogens (tertiary/aromatic N) is 2. The van der Waals surface area contributed by atoms with Gasteiger partial charge in [-0.05, 0) is 31.0 Å². The summed E-state index contributed by atoms with van der Waals surface area (Å²) in [5.74, 6) is 0.518. The zero-order valence-electron chi connectivity index (χ0n) is 12.0. The largest absolute Gasteiger partial charge is 0.275 e. The lowest BCUT2D eigenvalue weighted by molar-refractivity contribution is 0.581. The van der Waals surface area contributed by atoms with Crippen LogP contribution < -0.4 is 4.72 Å². The maximum atomic E-state index is 12.2. The van der Waals surface area contributed by atoms with Gasteiger partial charge < -0.3 is 0 Å². The van der Waals surface area contributed by atoms with Gasteiger partial charge >= 0.3 is 0 Å². The van der Waals surface area contributed by atoms with Crippen LogP contribution in [0.4, 0.5) is 0 Å². The number of hydrogen-bond donors (Lipinski definition) is 1. The summed E-state index contributed by atoms with van der Waals surface area (Å²) in [6.07, 6.45) is 2.53. The second-order valence-electron chi connectivity index (χ2n) is 4.82. The van der Waals surface area contributed by atoms with Crippen LogP contribution in [-0.4, -0.2) is 24.1 Å². The highest BCUT2D eigenvalue weighted by molar-refractivity contribution is 7.89. The van der Waals surface area contributed by atoms with Crippen LogP contribution in [0.3, 0.4) is 0 Å². The van der Waals surface area contributed by atoms with Crippen molar-refractivity contribution < 1.29 is 8.42 Å². The summed E-state index contributed by atoms with van der Waals surface area (Å²) in [7, 11) is -1.71. The van der Waals surface area contributed by atoms with Crippen molar-refractivity contribution >= 4 is 21.6 Å². The van der Waals surface area contributed by atoms with Gasteiger partial charge in [0.15, 0.2) is 0 Å². The topological polar surface area (TPSA) is 64.0 Å². The minimum Gasteiger partial charge on any atom is -0.275 e. The summed E-state index contributed by atoms with van der Waals surface area (Å²) in [5.41, 5.74) is 2.70. The van der Waals surface area contributed by atoms with Crippen LogP contribution >= 0.6 is 11.6 Å². The molecule has 1 heterocycles. The Labute approximate surface area is 130 Å². The molecule has 1 aromatic heterocycles. The van der Waals surface area contributed by atoms with Crippen molar-refractivity contribution in [2.24, 2.45) is 7.05 Å². The number of hydrogen-bond acceptors (Lipinski definition) is 3. The van der Waals surface area contributed by atoms with E-state index in [1.54, 1.807) is 42.2 Å². The van der Waals surface area contributed by atoms with Gasteiger partial charge in [-0.25, -0.2) is 13.1 Å². The number of aromatic nitrogens is 2. The van der Waals surface area contributed by atoms with Gasteiger partial charge in [-0.2, -0.15) is 5.10 Å². The molecule has 114 valence electrons. The van der Waals surface area contributed by atoms with E-state index in [2.05, 4.69) is 9.82 Å². The summed E-state index contributed by atoms with van der Waals surface area (Å²) in [6, 6.07) is 6.76. The van der Waals surface area contributed by atoms with Gasteiger partial charge in [-0.15, -0.1) is 11.6 Å². The molecular formula is C14H18ClN3O2S. The maximum absolute atomic E-state index is 12.2. The molecule has 0 aliphatic rings. The Balaban J connectivity index is 2.09. The molecule has 0 spiro atoms. The summed E-state index contributed by atoms with van der Waals surface area (Å²) in [4.78, 5) is 0.252. The fraction of sp³-hybridized carbons (Fsp3) is 0.357. The molecule has 2 aromatic rings. The van der Waals surface area contributed by atoms with E-state index in [0.29, 0.717) is 5.88 Å². The Morgan fingerprint density at radius 2 is 1.95 bits per heavy atom. The number of aryl methyl sites for hydroxylation is 3. The molecule has 0 saturated heterocycles. The molecule has 1 N–H and O–H groups in total. The fourth-order valence-electron chi connectivity index (χ4n) is 2.02. The molecule has 7 heteroatoms. The van der Waals surface area contributed by atoms with E-state index in [0.717, 1.165) is 23.2 Å². The average Bonchev–Trinajstić information content (AvgIpc) is 2.76. The normalized spacial score (nSPS) is 11.8. The standard InChI is InChI=1S/C14H18ClN3O2S/c1-11-13(10-18(2)17-11)9-16-21(19,20)14-5-3-12(4-6-14)7-8-15/h3-6,10,16H,7-9H2,1-2H3. The zero-order chi connectivity index (χ0) is 15.5. The summed E-state index contributed by atoms with van der Waals surface area (Å²) < 4.78 is 28.7. The van der Waals surface area contributed by atoms with E-state index in [4.69, 9.17) is 11.6 Å². The number of nitrogens with one attached hydrogen (secondary N) is 1. The van der Waals surface area contributed by atoms with E-state index in [1.165, 1.54) is 0 Å². The number of alkyl halides is 1. The molecule has 0 bridgehead atoms. The molecule has 2 rings (SSSR count). The average molecular weight is 328 g/mol. The lowest BCUT2D eigenvalue weighted by Crippen LogP contribution is -2.23. The lowest BCUT2D eigenvalue weighted by Gasteiger charge is -2.07. The van der Waals surface area contributed by atoms with Crippen molar-refractivity contribution in [2.45, 2.75) is 24.8 Å². The first-order valence-electron chi connectivity index (χ1n) is 6.56. The second kappa shape index (κ2) is 6.60. The zero-order valence-corrected chi connectivity index (χ0v) is 13.6. The molecule has 0 amide bonds. The van der Waals surface area contributed by atoms with Crippen molar-refractivity contribution in [3.05, 3.63) is 47.3 Å². The van der Waals surface area contributed by atoms with Crippen LogP contribution in [0.5, 0.6) is 0 Å². The third-order valence-electron chi connectivity index (χ3n) is 3.18. The Bertz CT molecular complexity index is 708. The van der Waals surface area contributed by atoms with Crippen molar-refractivity contribution in [3.8, 4) is 0 Å². The van der Waals surface area contributed by atoms with Gasteiger partial charge in [0.1, 0.15) is 0 Å². The molecule has 0 unspecified atom stereocenters. The number of benzene rings is 1. The third kappa shape index (κ3) is 4.06. The third-order valence-corrected chi connectivity index (χ3v) is 4.79. The van der Waals surface area contributed by atoms with E-state index in [1.807, 2.05) is 6.92 Å². The Morgan fingerprint density at radius 1 is 1.29 bits per heavy atom. The molecule has 0 fully saturated rings. The predicted octanol–water partition coefficient (Wildman–Crippen LogP) is 1.99. The smallest absolute Gasteiger partial charge is 0.240 e. The van der Waals surface area contributed by atoms with Crippen molar-refractivity contribution in [2.75, 3.05) is 5.88 Å². The van der Waals surface area contributed by atoms with Crippen LogP contribution in [0, 0.1) is 6.92 Å². The van der Waals surface area contributed by atoms with E-state index in [9.17, 15) is 8.42 Å². The predicted molar refractivity (Wildman–Crippen MR) is 82.8 cm³/mol. The molecule has 5 nitrogen and oxygen atoms in total. The molecule has 0 saturated carbocycles. The minimum absolute atomic E-state index is 0.228. The first-order chi connectivity index (χ1) is 9.92. The van der Waals surface area contributed by atoms with Gasteiger partial charge in [0.05, 0.1) is 10.6 Å². The fourth-order valence-corrected chi connectivity index (χ4v) is 3.25. The highest BCUT2D eigenvalue weighted by Gasteiger charge is 2.14. The van der Waals surface area contributed by atoms with Gasteiger partial charge in [0.25, 0.3) is 0 Å². The number of halogens is 1. The monoisotopic (exact) mass is 327 g/mol. The van der Waals surface area contributed by atoms with Gasteiger partial charge in [-0.1, -0.05) is 12.1 Å². The Morgan fingerprint density at radius 3 is 2.48 bits per heavy atom. The van der Waals surface area contributed by atoms with Crippen LogP contribution in [0.15, 0.2) is 35.4 Å². The summed E-state index contributed by atoms with van der Waals surface area (Å²) >= 11 is 5.66. The first kappa shape index (κ1) is 16.0. The first-order valence-corrected chi connectivity index (χ1v) is 8.58. The summed E-state index contributed by atoms with van der Waals surface area (Å²) in [5, 5.41) is 4.19. The Hall–Kier alpha value is -1.37. The van der Waals surface area contributed by atoms with Crippen LogP contribution in [0.2, 0.25) is 0 Å². The maximum Gasteiger partial charge on any atom is 0.240 e. The van der Waals surface area contributed by atoms with Crippen LogP contribution in [0.25, 0.3) is 0 Å². The lowest BCUT2D eigenvalue weighted by atomic mass is 10.2. The van der Waals surface area contributed by atoms with E-state index >= 15 is 0 Å². The molecule has 1 aromatic carbocycles. The molecule has 0 aliphatic carbocycles. The van der Waals surface area contributed by atoms with Crippen molar-refractivity contribution in [3.63, 3.8) is 0 Å². The molecule has 21 heavy (non-hydrogen) atoms. The van der Waals surface area contributed by atoms with E-state index < -0.39 is 10.0 Å². The molecule has 0 aliphatic heterocycles.